The third kappa shape index (κ3) is 5.89. The van der Waals surface area contributed by atoms with E-state index in [9.17, 15) is 9.59 Å². The van der Waals surface area contributed by atoms with Gasteiger partial charge in [-0.15, -0.1) is 0 Å². The Kier molecular flexibility index (Phi) is 8.25. The summed E-state index contributed by atoms with van der Waals surface area (Å²) in [6.07, 6.45) is 0. The fraction of sp³-hybridized carbons (Fsp3) is 0. The molecule has 0 bridgehead atoms. The highest BCUT2D eigenvalue weighted by Gasteiger charge is 2.10. The number of nitrogens with zero attached hydrogens (tertiary/aromatic N) is 1. The molecule has 0 fully saturated rings. The minimum Gasteiger partial charge on any atom is -0.354 e. The van der Waals surface area contributed by atoms with E-state index in [1.54, 1.807) is 0 Å². The molecule has 2 heterocycles. The summed E-state index contributed by atoms with van der Waals surface area (Å²) in [7, 11) is 0. The van der Waals surface area contributed by atoms with Crippen LogP contribution in [0.15, 0.2) is 172 Å². The lowest BCUT2D eigenvalue weighted by Gasteiger charge is -2.15. The molecule has 0 aliphatic carbocycles. The first-order valence-electron chi connectivity index (χ1n) is 13.9. The molecule has 0 aliphatic rings. The van der Waals surface area contributed by atoms with Crippen LogP contribution in [0.3, 0.4) is 0 Å². The van der Waals surface area contributed by atoms with E-state index in [0.717, 1.165) is 53.8 Å². The number of hydrogen-bond acceptors (Lipinski definition) is 2. The smallest absolute Gasteiger partial charge is 0.197 e. The molecule has 6 aromatic carbocycles. The zero-order valence-corrected chi connectivity index (χ0v) is 24.7. The van der Waals surface area contributed by atoms with E-state index in [-0.39, 0.29) is 10.9 Å². The molecule has 43 heavy (non-hydrogen) atoms. The zero-order chi connectivity index (χ0) is 29.6. The minimum atomic E-state index is 0.0911. The number of nitrogens with one attached hydrogen (secondary N) is 1. The fourth-order valence-electron chi connectivity index (χ4n) is 5.14. The second-order valence-corrected chi connectivity index (χ2v) is 10.8. The topological polar surface area (TPSA) is 54.9 Å². The van der Waals surface area contributed by atoms with Gasteiger partial charge in [-0.25, -0.2) is 0 Å². The molecule has 0 aliphatic heterocycles. The summed E-state index contributed by atoms with van der Waals surface area (Å²) < 4.78 is 3.28. The first kappa shape index (κ1) is 27.9. The largest absolute Gasteiger partial charge is 0.354 e. The normalized spacial score (nSPS) is 10.6. The van der Waals surface area contributed by atoms with Crippen molar-refractivity contribution in [1.29, 1.82) is 0 Å². The zero-order valence-electron chi connectivity index (χ0n) is 23.2. The molecule has 0 saturated carbocycles. The summed E-state index contributed by atoms with van der Waals surface area (Å²) in [5, 5.41) is 2.99. The molecule has 4 nitrogen and oxygen atoms in total. The van der Waals surface area contributed by atoms with Crippen molar-refractivity contribution >= 4 is 59.5 Å². The molecule has 2 aromatic heterocycles. The molecule has 0 atom stereocenters. The number of fused-ring (bicyclic) bond motifs is 4. The predicted molar refractivity (Wildman–Crippen MR) is 183 cm³/mol. The maximum atomic E-state index is 12.7. The Bertz CT molecular complexity index is 2180. The molecular formula is C38H27BrN2O2. The van der Waals surface area contributed by atoms with Crippen molar-refractivity contribution in [1.82, 2.24) is 9.55 Å². The second kappa shape index (κ2) is 12.7. The van der Waals surface area contributed by atoms with Crippen molar-refractivity contribution in [3.63, 3.8) is 0 Å². The van der Waals surface area contributed by atoms with Gasteiger partial charge in [0.25, 0.3) is 0 Å². The van der Waals surface area contributed by atoms with E-state index < -0.39 is 0 Å². The second-order valence-electron chi connectivity index (χ2n) is 9.88. The standard InChI is InChI=1S/C19H13NO.C13H9NO.C6H5Br/c21-19-15-10-4-6-12-17(15)20(14-8-2-1-3-9-14)18-13-7-5-11-16(18)19;15-13-9-5-1-3-7-11(9)14-12-8-4-2-6-10(12)13;7-6-4-2-1-3-5-6/h1-13H;1-8H,(H,14,15);1-5H. The lowest BCUT2D eigenvalue weighted by molar-refractivity contribution is 1.16. The summed E-state index contributed by atoms with van der Waals surface area (Å²) in [5.74, 6) is 0. The van der Waals surface area contributed by atoms with Gasteiger partial charge >= 0.3 is 0 Å². The molecule has 0 unspecified atom stereocenters. The highest BCUT2D eigenvalue weighted by Crippen LogP contribution is 2.23. The lowest BCUT2D eigenvalue weighted by atomic mass is 10.1. The Morgan fingerprint density at radius 1 is 0.419 bits per heavy atom. The molecule has 8 aromatic rings. The third-order valence-corrected chi connectivity index (χ3v) is 7.67. The molecule has 1 N–H and O–H groups in total. The van der Waals surface area contributed by atoms with E-state index in [0.29, 0.717) is 0 Å². The van der Waals surface area contributed by atoms with Gasteiger partial charge in [0.1, 0.15) is 0 Å². The number of para-hydroxylation sites is 5. The Hall–Kier alpha value is -5.26. The Morgan fingerprint density at radius 2 is 0.791 bits per heavy atom. The van der Waals surface area contributed by atoms with Crippen molar-refractivity contribution in [2.75, 3.05) is 0 Å². The van der Waals surface area contributed by atoms with Crippen LogP contribution in [0.1, 0.15) is 0 Å². The minimum absolute atomic E-state index is 0.0911. The van der Waals surface area contributed by atoms with Crippen molar-refractivity contribution in [3.05, 3.63) is 183 Å². The van der Waals surface area contributed by atoms with Crippen LogP contribution in [0, 0.1) is 0 Å². The molecule has 0 radical (unpaired) electrons. The number of halogens is 1. The van der Waals surface area contributed by atoms with Gasteiger partial charge < -0.3 is 9.55 Å². The van der Waals surface area contributed by atoms with E-state index in [4.69, 9.17) is 0 Å². The van der Waals surface area contributed by atoms with Gasteiger partial charge in [0.05, 0.1) is 11.0 Å². The number of rotatable bonds is 1. The Morgan fingerprint density at radius 3 is 1.26 bits per heavy atom. The quantitative estimate of drug-likeness (QED) is 0.185. The van der Waals surface area contributed by atoms with E-state index >= 15 is 0 Å². The van der Waals surface area contributed by atoms with Crippen molar-refractivity contribution in [2.24, 2.45) is 0 Å². The van der Waals surface area contributed by atoms with Crippen LogP contribution in [0.2, 0.25) is 0 Å². The van der Waals surface area contributed by atoms with Gasteiger partial charge in [0.2, 0.25) is 0 Å². The van der Waals surface area contributed by atoms with Crippen LogP contribution in [-0.4, -0.2) is 9.55 Å². The van der Waals surface area contributed by atoms with Gasteiger partial charge in [-0.05, 0) is 72.8 Å². The molecular weight excluding hydrogens is 596 g/mol. The van der Waals surface area contributed by atoms with Crippen LogP contribution in [0.5, 0.6) is 0 Å². The molecule has 0 amide bonds. The summed E-state index contributed by atoms with van der Waals surface area (Å²) in [5.41, 5.74) is 4.90. The predicted octanol–water partition coefficient (Wildman–Crippen LogP) is 9.27. The third-order valence-electron chi connectivity index (χ3n) is 7.14. The number of aromatic nitrogens is 2. The average Bonchev–Trinajstić information content (AvgIpc) is 3.07. The summed E-state index contributed by atoms with van der Waals surface area (Å²) in [6, 6.07) is 50.8. The maximum Gasteiger partial charge on any atom is 0.197 e. The van der Waals surface area contributed by atoms with Gasteiger partial charge in [-0.3, -0.25) is 9.59 Å². The van der Waals surface area contributed by atoms with Crippen LogP contribution >= 0.6 is 15.9 Å². The summed E-state index contributed by atoms with van der Waals surface area (Å²) in [4.78, 5) is 28.0. The number of benzene rings is 6. The van der Waals surface area contributed by atoms with Crippen molar-refractivity contribution < 1.29 is 0 Å². The van der Waals surface area contributed by atoms with Crippen LogP contribution < -0.4 is 10.9 Å². The van der Waals surface area contributed by atoms with E-state index in [1.165, 1.54) is 0 Å². The number of H-pyrrole nitrogens is 1. The van der Waals surface area contributed by atoms with Gasteiger partial charge in [-0.1, -0.05) is 101 Å². The van der Waals surface area contributed by atoms with Crippen LogP contribution in [-0.2, 0) is 0 Å². The number of aromatic amines is 1. The molecule has 0 saturated heterocycles. The molecule has 5 heteroatoms. The number of hydrogen-bond donors (Lipinski definition) is 1. The SMILES string of the molecule is Brc1ccccc1.O=c1c2ccccc2[nH]c2ccccc12.O=c1c2ccccc2n(-c2ccccc2)c2ccccc12. The molecule has 8 rings (SSSR count). The van der Waals surface area contributed by atoms with E-state index in [1.807, 2.05) is 146 Å². The van der Waals surface area contributed by atoms with Gasteiger partial charge in [-0.2, -0.15) is 0 Å². The monoisotopic (exact) mass is 622 g/mol. The van der Waals surface area contributed by atoms with Gasteiger partial charge in [0.15, 0.2) is 10.9 Å². The highest BCUT2D eigenvalue weighted by molar-refractivity contribution is 9.10. The van der Waals surface area contributed by atoms with Crippen LogP contribution in [0.25, 0.3) is 49.3 Å². The Labute approximate surface area is 256 Å². The van der Waals surface area contributed by atoms with Crippen molar-refractivity contribution in [3.8, 4) is 5.69 Å². The van der Waals surface area contributed by atoms with Crippen molar-refractivity contribution in [2.45, 2.75) is 0 Å². The molecule has 208 valence electrons. The van der Waals surface area contributed by atoms with Crippen LogP contribution in [0.4, 0.5) is 0 Å². The van der Waals surface area contributed by atoms with Gasteiger partial charge in [0, 0.05) is 42.7 Å². The first-order valence-corrected chi connectivity index (χ1v) is 14.7. The summed E-state index contributed by atoms with van der Waals surface area (Å²) in [6.45, 7) is 0. The first-order chi connectivity index (χ1) is 21.1. The molecule has 0 spiro atoms. The highest BCUT2D eigenvalue weighted by atomic mass is 79.9. The van der Waals surface area contributed by atoms with E-state index in [2.05, 4.69) is 37.6 Å². The lowest BCUT2D eigenvalue weighted by Crippen LogP contribution is -2.10. The fourth-order valence-corrected chi connectivity index (χ4v) is 5.44. The Balaban J connectivity index is 0.000000130. The maximum absolute atomic E-state index is 12.7. The summed E-state index contributed by atoms with van der Waals surface area (Å²) >= 11 is 3.31. The average molecular weight is 624 g/mol. The number of pyridine rings is 2.